The minimum absolute atomic E-state index is 0.00361. The van der Waals surface area contributed by atoms with Crippen LogP contribution in [0.4, 0.5) is 5.82 Å². The molecular weight excluding hydrogens is 256 g/mol. The molecule has 1 aromatic rings. The predicted molar refractivity (Wildman–Crippen MR) is 67.2 cm³/mol. The van der Waals surface area contributed by atoms with Gasteiger partial charge in [-0.05, 0) is 18.6 Å². The maximum Gasteiger partial charge on any atom is 0.251 e. The summed E-state index contributed by atoms with van der Waals surface area (Å²) in [5.74, 6) is -0.0700. The van der Waals surface area contributed by atoms with E-state index in [2.05, 4.69) is 15.6 Å². The van der Waals surface area contributed by atoms with Gasteiger partial charge in [0, 0.05) is 24.6 Å². The summed E-state index contributed by atoms with van der Waals surface area (Å²) in [5, 5.41) is 5.66. The molecule has 0 saturated carbocycles. The van der Waals surface area contributed by atoms with Gasteiger partial charge in [0.1, 0.15) is 11.0 Å². The van der Waals surface area contributed by atoms with E-state index in [9.17, 15) is 9.59 Å². The van der Waals surface area contributed by atoms with Gasteiger partial charge in [-0.2, -0.15) is 0 Å². The SMILES string of the molecule is Nc1cc(C(=O)NCC2CCC(=O)N2)cc(Cl)n1. The molecule has 0 radical (unpaired) electrons. The van der Waals surface area contributed by atoms with E-state index in [0.717, 1.165) is 6.42 Å². The summed E-state index contributed by atoms with van der Waals surface area (Å²) in [5.41, 5.74) is 5.86. The van der Waals surface area contributed by atoms with Gasteiger partial charge in [0.05, 0.1) is 0 Å². The van der Waals surface area contributed by atoms with Crippen molar-refractivity contribution in [1.82, 2.24) is 15.6 Å². The van der Waals surface area contributed by atoms with Gasteiger partial charge < -0.3 is 16.4 Å². The molecule has 1 aliphatic heterocycles. The van der Waals surface area contributed by atoms with Crippen LogP contribution in [-0.2, 0) is 4.79 Å². The summed E-state index contributed by atoms with van der Waals surface area (Å²) >= 11 is 5.71. The Bertz CT molecular complexity index is 472. The van der Waals surface area contributed by atoms with Crippen LogP contribution in [0.1, 0.15) is 23.2 Å². The largest absolute Gasteiger partial charge is 0.384 e. The van der Waals surface area contributed by atoms with Gasteiger partial charge in [0.15, 0.2) is 0 Å². The molecule has 0 aromatic carbocycles. The number of amides is 2. The zero-order chi connectivity index (χ0) is 13.1. The van der Waals surface area contributed by atoms with Crippen molar-refractivity contribution >= 4 is 29.2 Å². The summed E-state index contributed by atoms with van der Waals surface area (Å²) in [6, 6.07) is 2.89. The Morgan fingerprint density at radius 3 is 3.00 bits per heavy atom. The molecule has 2 heterocycles. The number of rotatable bonds is 3. The highest BCUT2D eigenvalue weighted by Crippen LogP contribution is 2.12. The van der Waals surface area contributed by atoms with Crippen LogP contribution in [0.2, 0.25) is 5.15 Å². The zero-order valence-electron chi connectivity index (χ0n) is 9.57. The Morgan fingerprint density at radius 1 is 1.61 bits per heavy atom. The number of carbonyl (C=O) groups excluding carboxylic acids is 2. The van der Waals surface area contributed by atoms with Crippen LogP contribution in [0.25, 0.3) is 0 Å². The van der Waals surface area contributed by atoms with Crippen molar-refractivity contribution < 1.29 is 9.59 Å². The molecule has 6 nitrogen and oxygen atoms in total. The lowest BCUT2D eigenvalue weighted by atomic mass is 10.2. The lowest BCUT2D eigenvalue weighted by molar-refractivity contribution is -0.119. The van der Waals surface area contributed by atoms with Gasteiger partial charge in [-0.3, -0.25) is 9.59 Å². The number of pyridine rings is 1. The molecule has 2 amide bonds. The van der Waals surface area contributed by atoms with Gasteiger partial charge >= 0.3 is 0 Å². The van der Waals surface area contributed by atoms with E-state index in [-0.39, 0.29) is 28.8 Å². The molecule has 0 spiro atoms. The number of hydrogen-bond donors (Lipinski definition) is 3. The first-order valence-electron chi connectivity index (χ1n) is 5.55. The number of nitrogens with zero attached hydrogens (tertiary/aromatic N) is 1. The van der Waals surface area contributed by atoms with Crippen LogP contribution in [0.3, 0.4) is 0 Å². The molecule has 96 valence electrons. The van der Waals surface area contributed by atoms with Crippen LogP contribution in [0.5, 0.6) is 0 Å². The fourth-order valence-electron chi connectivity index (χ4n) is 1.80. The smallest absolute Gasteiger partial charge is 0.251 e. The van der Waals surface area contributed by atoms with Crippen LogP contribution in [-0.4, -0.2) is 29.4 Å². The molecule has 0 aliphatic carbocycles. The summed E-state index contributed by atoms with van der Waals surface area (Å²) in [7, 11) is 0. The van der Waals surface area contributed by atoms with Crippen LogP contribution in [0, 0.1) is 0 Å². The third kappa shape index (κ3) is 3.10. The standard InChI is InChI=1S/C11H13ClN4O2/c12-8-3-6(4-9(13)16-8)11(18)14-5-7-1-2-10(17)15-7/h3-4,7H,1-2,5H2,(H2,13,16)(H,14,18)(H,15,17). The minimum atomic E-state index is -0.285. The topological polar surface area (TPSA) is 97.1 Å². The van der Waals surface area contributed by atoms with Crippen LogP contribution in [0.15, 0.2) is 12.1 Å². The first kappa shape index (κ1) is 12.6. The number of nitrogens with one attached hydrogen (secondary N) is 2. The van der Waals surface area contributed by atoms with Crippen molar-refractivity contribution in [2.24, 2.45) is 0 Å². The van der Waals surface area contributed by atoms with Crippen LogP contribution < -0.4 is 16.4 Å². The molecule has 1 atom stereocenters. The molecule has 1 unspecified atom stereocenters. The maximum absolute atomic E-state index is 11.8. The zero-order valence-corrected chi connectivity index (χ0v) is 10.3. The Morgan fingerprint density at radius 2 is 2.39 bits per heavy atom. The van der Waals surface area contributed by atoms with Gasteiger partial charge in [-0.15, -0.1) is 0 Å². The molecule has 1 aromatic heterocycles. The molecule has 18 heavy (non-hydrogen) atoms. The second-order valence-electron chi connectivity index (χ2n) is 4.12. The Balaban J connectivity index is 1.93. The molecule has 1 fully saturated rings. The summed E-state index contributed by atoms with van der Waals surface area (Å²) in [6.07, 6.45) is 1.24. The lowest BCUT2D eigenvalue weighted by Gasteiger charge is -2.11. The van der Waals surface area contributed by atoms with Crippen molar-refractivity contribution in [2.75, 3.05) is 12.3 Å². The van der Waals surface area contributed by atoms with Gasteiger partial charge in [0.25, 0.3) is 5.91 Å². The first-order valence-corrected chi connectivity index (χ1v) is 5.93. The lowest BCUT2D eigenvalue weighted by Crippen LogP contribution is -2.38. The third-order valence-corrected chi connectivity index (χ3v) is 2.86. The van der Waals surface area contributed by atoms with Gasteiger partial charge in [-0.1, -0.05) is 11.6 Å². The highest BCUT2D eigenvalue weighted by molar-refractivity contribution is 6.29. The fraction of sp³-hybridized carbons (Fsp3) is 0.364. The monoisotopic (exact) mass is 268 g/mol. The molecule has 7 heteroatoms. The van der Waals surface area contributed by atoms with E-state index in [1.807, 2.05) is 0 Å². The van der Waals surface area contributed by atoms with Gasteiger partial charge in [0.2, 0.25) is 5.91 Å². The number of hydrogen-bond acceptors (Lipinski definition) is 4. The van der Waals surface area contributed by atoms with Crippen molar-refractivity contribution in [3.63, 3.8) is 0 Å². The van der Waals surface area contributed by atoms with Crippen molar-refractivity contribution in [1.29, 1.82) is 0 Å². The number of carbonyl (C=O) groups is 2. The normalized spacial score (nSPS) is 18.5. The number of nitrogen functional groups attached to an aromatic ring is 1. The second-order valence-corrected chi connectivity index (χ2v) is 4.50. The summed E-state index contributed by atoms with van der Waals surface area (Å²) < 4.78 is 0. The molecule has 2 rings (SSSR count). The van der Waals surface area contributed by atoms with E-state index in [0.29, 0.717) is 18.5 Å². The maximum atomic E-state index is 11.8. The first-order chi connectivity index (χ1) is 8.54. The van der Waals surface area contributed by atoms with Crippen molar-refractivity contribution in [3.05, 3.63) is 22.8 Å². The van der Waals surface area contributed by atoms with E-state index in [1.165, 1.54) is 12.1 Å². The quantitative estimate of drug-likeness (QED) is 0.688. The minimum Gasteiger partial charge on any atom is -0.384 e. The fourth-order valence-corrected chi connectivity index (χ4v) is 2.01. The number of anilines is 1. The average Bonchev–Trinajstić information content (AvgIpc) is 2.70. The summed E-state index contributed by atoms with van der Waals surface area (Å²) in [4.78, 5) is 26.6. The number of aromatic nitrogens is 1. The molecule has 1 saturated heterocycles. The predicted octanol–water partition coefficient (Wildman–Crippen LogP) is 0.326. The van der Waals surface area contributed by atoms with E-state index in [1.54, 1.807) is 0 Å². The summed E-state index contributed by atoms with van der Waals surface area (Å²) in [6.45, 7) is 0.393. The number of halogens is 1. The van der Waals surface area contributed by atoms with E-state index in [4.69, 9.17) is 17.3 Å². The molecule has 4 N–H and O–H groups in total. The average molecular weight is 269 g/mol. The van der Waals surface area contributed by atoms with E-state index >= 15 is 0 Å². The van der Waals surface area contributed by atoms with Crippen molar-refractivity contribution in [3.8, 4) is 0 Å². The molecule has 1 aliphatic rings. The Kier molecular flexibility index (Phi) is 3.66. The highest BCUT2D eigenvalue weighted by Gasteiger charge is 2.21. The molecular formula is C11H13ClN4O2. The Hall–Kier alpha value is -1.82. The van der Waals surface area contributed by atoms with Crippen molar-refractivity contribution in [2.45, 2.75) is 18.9 Å². The third-order valence-electron chi connectivity index (χ3n) is 2.67. The molecule has 0 bridgehead atoms. The second kappa shape index (κ2) is 5.22. The number of nitrogens with two attached hydrogens (primary N) is 1. The Labute approximate surface area is 109 Å². The van der Waals surface area contributed by atoms with Gasteiger partial charge in [-0.25, -0.2) is 4.98 Å². The van der Waals surface area contributed by atoms with Crippen LogP contribution >= 0.6 is 11.6 Å². The highest BCUT2D eigenvalue weighted by atomic mass is 35.5. The van der Waals surface area contributed by atoms with E-state index < -0.39 is 0 Å².